The average molecular weight is 154 g/mol. The first-order chi connectivity index (χ1) is 5.11. The van der Waals surface area contributed by atoms with Crippen molar-refractivity contribution in [2.45, 2.75) is 38.7 Å². The van der Waals surface area contributed by atoms with Gasteiger partial charge in [0.15, 0.2) is 0 Å². The number of hydrogen-bond donors (Lipinski definition) is 0. The fraction of sp³-hybridized carbons (Fsp3) is 0.889. The van der Waals surface area contributed by atoms with E-state index in [4.69, 9.17) is 4.74 Å². The Labute approximate surface area is 66.9 Å². The van der Waals surface area contributed by atoms with Gasteiger partial charge in [0.2, 0.25) is 0 Å². The highest BCUT2D eigenvalue weighted by atomic mass is 16.6. The molecule has 2 atom stereocenters. The third kappa shape index (κ3) is 0.883. The summed E-state index contributed by atoms with van der Waals surface area (Å²) in [5.74, 6) is 0.762. The van der Waals surface area contributed by atoms with Gasteiger partial charge < -0.3 is 4.74 Å². The van der Waals surface area contributed by atoms with Crippen LogP contribution in [0.25, 0.3) is 0 Å². The average Bonchev–Trinajstić information content (AvgIpc) is 2.37. The number of fused-ring (bicyclic) bond motifs is 1. The molecule has 2 fully saturated rings. The maximum Gasteiger partial charge on any atom is 0.309 e. The highest BCUT2D eigenvalue weighted by molar-refractivity contribution is 5.76. The van der Waals surface area contributed by atoms with Gasteiger partial charge in [-0.3, -0.25) is 4.79 Å². The molecule has 0 N–H and O–H groups in total. The van der Waals surface area contributed by atoms with Gasteiger partial charge in [0, 0.05) is 5.92 Å². The van der Waals surface area contributed by atoms with Crippen LogP contribution < -0.4 is 0 Å². The van der Waals surface area contributed by atoms with Crippen molar-refractivity contribution in [3.63, 3.8) is 0 Å². The first kappa shape index (κ1) is 7.14. The third-order valence-electron chi connectivity index (χ3n) is 3.08. The number of carbonyl (C=O) groups excluding carboxylic acids is 1. The summed E-state index contributed by atoms with van der Waals surface area (Å²) < 4.78 is 5.28. The van der Waals surface area contributed by atoms with E-state index in [2.05, 4.69) is 0 Å². The predicted octanol–water partition coefficient (Wildman–Crippen LogP) is 1.74. The summed E-state index contributed by atoms with van der Waals surface area (Å²) in [7, 11) is 0. The van der Waals surface area contributed by atoms with E-state index in [1.165, 1.54) is 12.8 Å². The lowest BCUT2D eigenvalue weighted by Gasteiger charge is -2.22. The Morgan fingerprint density at radius 1 is 1.45 bits per heavy atom. The summed E-state index contributed by atoms with van der Waals surface area (Å²) in [4.78, 5) is 11.2. The lowest BCUT2D eigenvalue weighted by atomic mass is 9.86. The van der Waals surface area contributed by atoms with Crippen molar-refractivity contribution in [2.24, 2.45) is 11.8 Å². The number of esters is 1. The maximum absolute atomic E-state index is 11.2. The Kier molecular flexibility index (Phi) is 1.29. The van der Waals surface area contributed by atoms with Crippen molar-refractivity contribution in [3.05, 3.63) is 0 Å². The molecule has 0 spiro atoms. The van der Waals surface area contributed by atoms with Crippen molar-refractivity contribution in [1.82, 2.24) is 0 Å². The van der Waals surface area contributed by atoms with Crippen molar-refractivity contribution in [1.29, 1.82) is 0 Å². The molecule has 1 heterocycles. The second-order valence-electron chi connectivity index (χ2n) is 4.17. The van der Waals surface area contributed by atoms with Crippen LogP contribution >= 0.6 is 0 Å². The molecule has 0 aromatic rings. The van der Waals surface area contributed by atoms with Crippen LogP contribution in [0.2, 0.25) is 0 Å². The molecule has 2 unspecified atom stereocenters. The van der Waals surface area contributed by atoms with E-state index in [9.17, 15) is 4.79 Å². The molecule has 1 saturated heterocycles. The summed E-state index contributed by atoms with van der Waals surface area (Å²) in [5.41, 5.74) is -0.182. The molecule has 0 aromatic heterocycles. The molecular weight excluding hydrogens is 140 g/mol. The van der Waals surface area contributed by atoms with Crippen LogP contribution in [0.5, 0.6) is 0 Å². The fourth-order valence-electron chi connectivity index (χ4n) is 2.48. The van der Waals surface area contributed by atoms with Crippen LogP contribution in [0.4, 0.5) is 0 Å². The molecule has 0 aromatic carbocycles. The summed E-state index contributed by atoms with van der Waals surface area (Å²) >= 11 is 0. The van der Waals surface area contributed by atoms with Crippen molar-refractivity contribution < 1.29 is 9.53 Å². The van der Waals surface area contributed by atoms with Gasteiger partial charge in [-0.1, -0.05) is 6.42 Å². The Hall–Kier alpha value is -0.530. The second kappa shape index (κ2) is 1.99. The molecule has 62 valence electrons. The van der Waals surface area contributed by atoms with Crippen molar-refractivity contribution in [2.75, 3.05) is 0 Å². The topological polar surface area (TPSA) is 26.3 Å². The Morgan fingerprint density at radius 2 is 2.18 bits per heavy atom. The van der Waals surface area contributed by atoms with Gasteiger partial charge in [-0.2, -0.15) is 0 Å². The van der Waals surface area contributed by atoms with Gasteiger partial charge in [0.25, 0.3) is 0 Å². The number of carbonyl (C=O) groups is 1. The normalized spacial score (nSPS) is 40.4. The van der Waals surface area contributed by atoms with Crippen LogP contribution in [0.15, 0.2) is 0 Å². The molecule has 2 aliphatic rings. The predicted molar refractivity (Wildman–Crippen MR) is 41.0 cm³/mol. The lowest BCUT2D eigenvalue weighted by Crippen LogP contribution is -2.27. The Morgan fingerprint density at radius 3 is 2.82 bits per heavy atom. The van der Waals surface area contributed by atoms with Crippen LogP contribution in [0.1, 0.15) is 33.1 Å². The molecule has 2 heteroatoms. The number of cyclic esters (lactones) is 1. The molecule has 11 heavy (non-hydrogen) atoms. The zero-order valence-electron chi connectivity index (χ0n) is 7.09. The van der Waals surface area contributed by atoms with E-state index in [1.54, 1.807) is 0 Å². The molecular formula is C9H14O2. The van der Waals surface area contributed by atoms with Crippen LogP contribution in [0.3, 0.4) is 0 Å². The summed E-state index contributed by atoms with van der Waals surface area (Å²) in [6.45, 7) is 4.06. The zero-order valence-corrected chi connectivity index (χ0v) is 7.09. The fourth-order valence-corrected chi connectivity index (χ4v) is 2.48. The molecule has 1 aliphatic carbocycles. The van der Waals surface area contributed by atoms with E-state index in [-0.39, 0.29) is 17.5 Å². The van der Waals surface area contributed by atoms with Crippen molar-refractivity contribution >= 4 is 5.97 Å². The highest BCUT2D eigenvalue weighted by Crippen LogP contribution is 2.46. The van der Waals surface area contributed by atoms with Gasteiger partial charge >= 0.3 is 5.97 Å². The molecule has 0 amide bonds. The smallest absolute Gasteiger partial charge is 0.309 e. The number of hydrogen-bond acceptors (Lipinski definition) is 2. The Bertz CT molecular complexity index is 196. The highest BCUT2D eigenvalue weighted by Gasteiger charge is 2.51. The van der Waals surface area contributed by atoms with Gasteiger partial charge in [-0.25, -0.2) is 0 Å². The third-order valence-corrected chi connectivity index (χ3v) is 3.08. The van der Waals surface area contributed by atoms with Gasteiger partial charge in [0.1, 0.15) is 5.60 Å². The summed E-state index contributed by atoms with van der Waals surface area (Å²) in [5, 5.41) is 0. The molecule has 2 nitrogen and oxygen atoms in total. The lowest BCUT2D eigenvalue weighted by molar-refractivity contribution is -0.149. The first-order valence-electron chi connectivity index (χ1n) is 4.34. The standard InChI is InChI=1S/C9H14O2/c1-9(2)7-5-3-4-6(7)8(10)11-9/h6-7H,3-5H2,1-2H3. The summed E-state index contributed by atoms with van der Waals surface area (Å²) in [6.07, 6.45) is 3.42. The van der Waals surface area contributed by atoms with Crippen LogP contribution in [0, 0.1) is 11.8 Å². The second-order valence-corrected chi connectivity index (χ2v) is 4.17. The molecule has 1 aliphatic heterocycles. The number of ether oxygens (including phenoxy) is 1. The molecule has 0 bridgehead atoms. The molecule has 2 rings (SSSR count). The van der Waals surface area contributed by atoms with E-state index in [0.29, 0.717) is 5.92 Å². The van der Waals surface area contributed by atoms with E-state index in [0.717, 1.165) is 6.42 Å². The number of rotatable bonds is 0. The maximum atomic E-state index is 11.2. The molecule has 0 radical (unpaired) electrons. The van der Waals surface area contributed by atoms with Crippen molar-refractivity contribution in [3.8, 4) is 0 Å². The van der Waals surface area contributed by atoms with E-state index in [1.807, 2.05) is 13.8 Å². The minimum atomic E-state index is -0.182. The first-order valence-corrected chi connectivity index (χ1v) is 4.34. The molecule has 1 saturated carbocycles. The Balaban J connectivity index is 2.27. The van der Waals surface area contributed by atoms with Crippen LogP contribution in [-0.2, 0) is 9.53 Å². The minimum Gasteiger partial charge on any atom is -0.459 e. The van der Waals surface area contributed by atoms with Crippen LogP contribution in [-0.4, -0.2) is 11.6 Å². The van der Waals surface area contributed by atoms with Gasteiger partial charge in [-0.15, -0.1) is 0 Å². The summed E-state index contributed by atoms with van der Waals surface area (Å²) in [6, 6.07) is 0. The quantitative estimate of drug-likeness (QED) is 0.497. The van der Waals surface area contributed by atoms with Gasteiger partial charge in [0.05, 0.1) is 5.92 Å². The van der Waals surface area contributed by atoms with Gasteiger partial charge in [-0.05, 0) is 26.7 Å². The zero-order chi connectivity index (χ0) is 8.06. The SMILES string of the molecule is CC1(C)OC(=O)C2CCCC21. The monoisotopic (exact) mass is 154 g/mol. The van der Waals surface area contributed by atoms with E-state index >= 15 is 0 Å². The minimum absolute atomic E-state index is 0.0394. The largest absolute Gasteiger partial charge is 0.459 e. The van der Waals surface area contributed by atoms with E-state index < -0.39 is 0 Å².